The fourth-order valence-electron chi connectivity index (χ4n) is 5.30. The third-order valence-electron chi connectivity index (χ3n) is 7.80. The highest BCUT2D eigenvalue weighted by Crippen LogP contribution is 2.34. The second kappa shape index (κ2) is 16.8. The van der Waals surface area contributed by atoms with Crippen molar-refractivity contribution in [3.8, 4) is 16.9 Å². The van der Waals surface area contributed by atoms with E-state index >= 15 is 0 Å². The summed E-state index contributed by atoms with van der Waals surface area (Å²) in [5, 5.41) is 2.67. The number of rotatable bonds is 13. The van der Waals surface area contributed by atoms with Gasteiger partial charge in [-0.05, 0) is 73.4 Å². The van der Waals surface area contributed by atoms with Crippen LogP contribution in [0.3, 0.4) is 0 Å². The molecule has 4 aromatic carbocycles. The highest BCUT2D eigenvalue weighted by Gasteiger charge is 2.52. The first-order chi connectivity index (χ1) is 24.7. The number of amides is 1. The van der Waals surface area contributed by atoms with Crippen LogP contribution in [0.1, 0.15) is 53.4 Å². The number of hydrogen-bond donors (Lipinski definition) is 1. The summed E-state index contributed by atoms with van der Waals surface area (Å²) in [6.07, 6.45) is -4.92. The minimum absolute atomic E-state index is 0.0527. The number of nitrogens with one attached hydrogen (secondary N) is 1. The molecule has 1 N–H and O–H groups in total. The molecule has 0 heterocycles. The van der Waals surface area contributed by atoms with Crippen molar-refractivity contribution in [1.82, 2.24) is 0 Å². The van der Waals surface area contributed by atoms with Crippen molar-refractivity contribution in [1.29, 1.82) is 0 Å². The average molecular weight is 720 g/mol. The SMILES string of the molecule is CCOC(=O)C(COC(=O)Cc1ccc(NC(=O)c2ccc(C)cc2-c2ccc(C(F)(F)F)cc2)c(OC(C)=O)c1)(C(=O)OCC)c1ccccc1. The molecule has 0 bridgehead atoms. The van der Waals surface area contributed by atoms with Crippen molar-refractivity contribution < 1.29 is 56.1 Å². The van der Waals surface area contributed by atoms with E-state index in [1.165, 1.54) is 48.5 Å². The second-order valence-corrected chi connectivity index (χ2v) is 11.6. The quantitative estimate of drug-likeness (QED) is 0.0671. The summed E-state index contributed by atoms with van der Waals surface area (Å²) in [5.41, 5.74) is -0.748. The maximum Gasteiger partial charge on any atom is 0.416 e. The molecular formula is C39H36F3NO9. The Morgan fingerprint density at radius 2 is 1.37 bits per heavy atom. The van der Waals surface area contributed by atoms with Gasteiger partial charge in [0, 0.05) is 12.5 Å². The van der Waals surface area contributed by atoms with Crippen LogP contribution in [0.4, 0.5) is 18.9 Å². The number of carbonyl (C=O) groups is 5. The molecule has 0 aliphatic carbocycles. The van der Waals surface area contributed by atoms with Crippen LogP contribution in [-0.4, -0.2) is 49.6 Å². The standard InChI is InChI=1S/C39H36F3NO9/c1-5-49-36(47)38(37(48)50-6-2,28-10-8-7-9-11-28)23-51-34(45)22-26-13-19-32(33(21-26)52-25(4)44)43-35(46)30-18-12-24(3)20-31(30)27-14-16-29(17-15-27)39(40,41)42/h7-21H,5-6,22-23H2,1-4H3,(H,43,46). The fraction of sp³-hybridized carbons (Fsp3) is 0.256. The number of halogens is 3. The van der Waals surface area contributed by atoms with Gasteiger partial charge < -0.3 is 24.3 Å². The van der Waals surface area contributed by atoms with E-state index in [1.54, 1.807) is 51.1 Å². The molecule has 0 saturated heterocycles. The van der Waals surface area contributed by atoms with Gasteiger partial charge in [0.05, 0.1) is 30.9 Å². The minimum Gasteiger partial charge on any atom is -0.465 e. The molecule has 0 aromatic heterocycles. The second-order valence-electron chi connectivity index (χ2n) is 11.6. The molecule has 0 aliphatic heterocycles. The molecule has 0 radical (unpaired) electrons. The molecule has 0 aliphatic rings. The molecule has 1 amide bonds. The van der Waals surface area contributed by atoms with Crippen LogP contribution in [0.2, 0.25) is 0 Å². The number of ether oxygens (including phenoxy) is 4. The van der Waals surface area contributed by atoms with Crippen molar-refractivity contribution >= 4 is 35.5 Å². The van der Waals surface area contributed by atoms with E-state index in [0.717, 1.165) is 24.6 Å². The van der Waals surface area contributed by atoms with Gasteiger partial charge in [0.25, 0.3) is 5.91 Å². The lowest BCUT2D eigenvalue weighted by molar-refractivity contribution is -0.170. The van der Waals surface area contributed by atoms with Crippen molar-refractivity contribution in [3.05, 3.63) is 119 Å². The van der Waals surface area contributed by atoms with E-state index in [1.807, 2.05) is 0 Å². The number of alkyl halides is 3. The van der Waals surface area contributed by atoms with Gasteiger partial charge in [-0.3, -0.25) is 24.0 Å². The maximum absolute atomic E-state index is 13.6. The van der Waals surface area contributed by atoms with Gasteiger partial charge in [0.2, 0.25) is 5.41 Å². The molecule has 52 heavy (non-hydrogen) atoms. The topological polar surface area (TPSA) is 134 Å². The van der Waals surface area contributed by atoms with Gasteiger partial charge in [-0.15, -0.1) is 0 Å². The Morgan fingerprint density at radius 1 is 0.731 bits per heavy atom. The van der Waals surface area contributed by atoms with Crippen LogP contribution >= 0.6 is 0 Å². The van der Waals surface area contributed by atoms with Crippen molar-refractivity contribution in [2.75, 3.05) is 25.1 Å². The molecule has 0 spiro atoms. The lowest BCUT2D eigenvalue weighted by Crippen LogP contribution is -2.50. The molecule has 272 valence electrons. The third kappa shape index (κ3) is 9.22. The van der Waals surface area contributed by atoms with Crippen LogP contribution in [0.5, 0.6) is 5.75 Å². The fourth-order valence-corrected chi connectivity index (χ4v) is 5.30. The number of aryl methyl sites for hydroxylation is 1. The van der Waals surface area contributed by atoms with E-state index in [9.17, 15) is 37.1 Å². The van der Waals surface area contributed by atoms with E-state index in [2.05, 4.69) is 5.32 Å². The van der Waals surface area contributed by atoms with Gasteiger partial charge >= 0.3 is 30.1 Å². The van der Waals surface area contributed by atoms with E-state index in [-0.39, 0.29) is 41.3 Å². The highest BCUT2D eigenvalue weighted by atomic mass is 19.4. The normalized spacial score (nSPS) is 11.3. The summed E-state index contributed by atoms with van der Waals surface area (Å²) in [5.74, 6) is -4.25. The first-order valence-electron chi connectivity index (χ1n) is 16.2. The number of hydrogen-bond acceptors (Lipinski definition) is 9. The lowest BCUT2D eigenvalue weighted by Gasteiger charge is -2.29. The first kappa shape index (κ1) is 38.8. The van der Waals surface area contributed by atoms with E-state index < -0.39 is 60.0 Å². The lowest BCUT2D eigenvalue weighted by atomic mass is 9.81. The van der Waals surface area contributed by atoms with Gasteiger partial charge in [-0.1, -0.05) is 66.2 Å². The van der Waals surface area contributed by atoms with Crippen LogP contribution in [-0.2, 0) is 51.4 Å². The summed E-state index contributed by atoms with van der Waals surface area (Å²) in [6.45, 7) is 5.21. The molecule has 0 atom stereocenters. The smallest absolute Gasteiger partial charge is 0.416 e. The molecule has 4 aromatic rings. The average Bonchev–Trinajstić information content (AvgIpc) is 3.09. The highest BCUT2D eigenvalue weighted by molar-refractivity contribution is 6.09. The Balaban J connectivity index is 1.58. The number of esters is 4. The Kier molecular flexibility index (Phi) is 12.6. The van der Waals surface area contributed by atoms with Crippen molar-refractivity contribution in [2.45, 2.75) is 45.7 Å². The molecule has 4 rings (SSSR count). The summed E-state index contributed by atoms with van der Waals surface area (Å²) in [6, 6.07) is 21.4. The number of benzene rings is 4. The van der Waals surface area contributed by atoms with Crippen molar-refractivity contribution in [2.24, 2.45) is 0 Å². The van der Waals surface area contributed by atoms with E-state index in [0.29, 0.717) is 11.1 Å². The molecule has 0 saturated carbocycles. The summed E-state index contributed by atoms with van der Waals surface area (Å²) in [4.78, 5) is 65.2. The van der Waals surface area contributed by atoms with Crippen LogP contribution in [0, 0.1) is 6.92 Å². The largest absolute Gasteiger partial charge is 0.465 e. The number of carbonyl (C=O) groups excluding carboxylic acids is 5. The Morgan fingerprint density at radius 3 is 1.94 bits per heavy atom. The van der Waals surface area contributed by atoms with E-state index in [4.69, 9.17) is 18.9 Å². The Bertz CT molecular complexity index is 1920. The molecule has 13 heteroatoms. The predicted octanol–water partition coefficient (Wildman–Crippen LogP) is 7.01. The van der Waals surface area contributed by atoms with Gasteiger partial charge in [0.1, 0.15) is 6.61 Å². The molecular weight excluding hydrogens is 683 g/mol. The van der Waals surface area contributed by atoms with Crippen molar-refractivity contribution in [3.63, 3.8) is 0 Å². The Hall–Kier alpha value is -5.98. The minimum atomic E-state index is -4.53. The summed E-state index contributed by atoms with van der Waals surface area (Å²) < 4.78 is 60.7. The zero-order chi connectivity index (χ0) is 38.1. The zero-order valence-corrected chi connectivity index (χ0v) is 28.8. The van der Waals surface area contributed by atoms with Crippen LogP contribution in [0.15, 0.2) is 91.0 Å². The molecule has 0 fully saturated rings. The first-order valence-corrected chi connectivity index (χ1v) is 16.2. The monoisotopic (exact) mass is 719 g/mol. The molecule has 0 unspecified atom stereocenters. The Labute approximate surface area is 297 Å². The summed E-state index contributed by atoms with van der Waals surface area (Å²) in [7, 11) is 0. The molecule has 10 nitrogen and oxygen atoms in total. The number of anilines is 1. The van der Waals surface area contributed by atoms with Gasteiger partial charge in [0.15, 0.2) is 5.75 Å². The third-order valence-corrected chi connectivity index (χ3v) is 7.80. The van der Waals surface area contributed by atoms with Gasteiger partial charge in [-0.2, -0.15) is 13.2 Å². The zero-order valence-electron chi connectivity index (χ0n) is 28.8. The van der Waals surface area contributed by atoms with Crippen LogP contribution in [0.25, 0.3) is 11.1 Å². The van der Waals surface area contributed by atoms with Crippen LogP contribution < -0.4 is 10.1 Å². The summed E-state index contributed by atoms with van der Waals surface area (Å²) >= 11 is 0. The maximum atomic E-state index is 13.6. The van der Waals surface area contributed by atoms with Gasteiger partial charge in [-0.25, -0.2) is 0 Å². The predicted molar refractivity (Wildman–Crippen MR) is 183 cm³/mol.